The standard InChI is InChI=1S/C12H14N2/c1-2-6-10-9(5-1)13-11-7-3-4-8-12(11)14-10/h1,5H,2-4,6-8H2. The monoisotopic (exact) mass is 186 g/mol. The molecule has 0 saturated heterocycles. The van der Waals surface area contributed by atoms with Crippen LogP contribution < -0.4 is 0 Å². The van der Waals surface area contributed by atoms with Crippen molar-refractivity contribution in [2.45, 2.75) is 38.5 Å². The molecule has 2 aliphatic rings. The molecule has 0 radical (unpaired) electrons. The van der Waals surface area contributed by atoms with Gasteiger partial charge in [0.25, 0.3) is 0 Å². The Hall–Kier alpha value is -1.18. The first kappa shape index (κ1) is 8.16. The zero-order chi connectivity index (χ0) is 9.38. The maximum atomic E-state index is 4.74. The zero-order valence-electron chi connectivity index (χ0n) is 8.29. The molecule has 72 valence electrons. The topological polar surface area (TPSA) is 25.8 Å². The zero-order valence-corrected chi connectivity index (χ0v) is 8.29. The highest BCUT2D eigenvalue weighted by Crippen LogP contribution is 2.22. The summed E-state index contributed by atoms with van der Waals surface area (Å²) in [5, 5.41) is 0. The van der Waals surface area contributed by atoms with Gasteiger partial charge >= 0.3 is 0 Å². The first-order chi connectivity index (χ1) is 6.93. The van der Waals surface area contributed by atoms with Crippen molar-refractivity contribution in [2.24, 2.45) is 0 Å². The van der Waals surface area contributed by atoms with E-state index in [0.29, 0.717) is 0 Å². The predicted molar refractivity (Wildman–Crippen MR) is 56.0 cm³/mol. The summed E-state index contributed by atoms with van der Waals surface area (Å²) in [6.45, 7) is 0. The third-order valence-corrected chi connectivity index (χ3v) is 3.05. The van der Waals surface area contributed by atoms with Gasteiger partial charge in [0.2, 0.25) is 0 Å². The Labute approximate surface area is 84.1 Å². The van der Waals surface area contributed by atoms with E-state index in [0.717, 1.165) is 31.4 Å². The first-order valence-corrected chi connectivity index (χ1v) is 5.49. The number of hydrogen-bond acceptors (Lipinski definition) is 2. The summed E-state index contributed by atoms with van der Waals surface area (Å²) in [6, 6.07) is 0. The van der Waals surface area contributed by atoms with E-state index in [1.165, 1.54) is 29.9 Å². The summed E-state index contributed by atoms with van der Waals surface area (Å²) >= 11 is 0. The van der Waals surface area contributed by atoms with Gasteiger partial charge in [-0.05, 0) is 44.6 Å². The summed E-state index contributed by atoms with van der Waals surface area (Å²) in [6.07, 6.45) is 11.4. The Morgan fingerprint density at radius 3 is 2.50 bits per heavy atom. The van der Waals surface area contributed by atoms with E-state index >= 15 is 0 Å². The molecule has 0 unspecified atom stereocenters. The van der Waals surface area contributed by atoms with Crippen molar-refractivity contribution in [3.63, 3.8) is 0 Å². The van der Waals surface area contributed by atoms with Crippen LogP contribution >= 0.6 is 0 Å². The average Bonchev–Trinajstić information content (AvgIpc) is 2.26. The van der Waals surface area contributed by atoms with Crippen molar-refractivity contribution < 1.29 is 0 Å². The maximum absolute atomic E-state index is 4.74. The minimum Gasteiger partial charge on any atom is -0.254 e. The van der Waals surface area contributed by atoms with E-state index < -0.39 is 0 Å². The van der Waals surface area contributed by atoms with Crippen LogP contribution in [0.1, 0.15) is 42.0 Å². The molecular formula is C12H14N2. The largest absolute Gasteiger partial charge is 0.254 e. The van der Waals surface area contributed by atoms with Crippen LogP contribution in [0.2, 0.25) is 0 Å². The first-order valence-electron chi connectivity index (χ1n) is 5.49. The van der Waals surface area contributed by atoms with Crippen LogP contribution in [0.3, 0.4) is 0 Å². The third-order valence-electron chi connectivity index (χ3n) is 3.05. The molecule has 0 atom stereocenters. The Morgan fingerprint density at radius 1 is 0.857 bits per heavy atom. The molecule has 2 heteroatoms. The van der Waals surface area contributed by atoms with E-state index in [9.17, 15) is 0 Å². The Morgan fingerprint density at radius 2 is 1.64 bits per heavy atom. The summed E-state index contributed by atoms with van der Waals surface area (Å²) < 4.78 is 0. The van der Waals surface area contributed by atoms with Gasteiger partial charge in [-0.2, -0.15) is 0 Å². The molecule has 14 heavy (non-hydrogen) atoms. The number of hydrogen-bond donors (Lipinski definition) is 0. The van der Waals surface area contributed by atoms with E-state index in [1.807, 2.05) is 0 Å². The van der Waals surface area contributed by atoms with Crippen molar-refractivity contribution in [3.8, 4) is 0 Å². The van der Waals surface area contributed by atoms with Crippen molar-refractivity contribution in [1.29, 1.82) is 0 Å². The minimum absolute atomic E-state index is 1.08. The summed E-state index contributed by atoms with van der Waals surface area (Å²) in [5.74, 6) is 0. The molecule has 1 aromatic rings. The predicted octanol–water partition coefficient (Wildman–Crippen LogP) is 2.31. The van der Waals surface area contributed by atoms with Crippen molar-refractivity contribution in [1.82, 2.24) is 9.97 Å². The highest BCUT2D eigenvalue weighted by Gasteiger charge is 2.16. The van der Waals surface area contributed by atoms with Crippen LogP contribution in [0, 0.1) is 0 Å². The third kappa shape index (κ3) is 1.26. The van der Waals surface area contributed by atoms with Crippen molar-refractivity contribution in [2.75, 3.05) is 0 Å². The van der Waals surface area contributed by atoms with Crippen molar-refractivity contribution in [3.05, 3.63) is 28.9 Å². The summed E-state index contributed by atoms with van der Waals surface area (Å²) in [7, 11) is 0. The molecule has 0 bridgehead atoms. The molecule has 2 aliphatic carbocycles. The molecule has 3 rings (SSSR count). The van der Waals surface area contributed by atoms with Gasteiger partial charge in [-0.3, -0.25) is 4.98 Å². The highest BCUT2D eigenvalue weighted by molar-refractivity contribution is 5.50. The van der Waals surface area contributed by atoms with Gasteiger partial charge in [0, 0.05) is 0 Å². The van der Waals surface area contributed by atoms with Gasteiger partial charge in [-0.15, -0.1) is 0 Å². The number of rotatable bonds is 0. The van der Waals surface area contributed by atoms with Crippen molar-refractivity contribution >= 4 is 6.08 Å². The van der Waals surface area contributed by atoms with Gasteiger partial charge in [0.15, 0.2) is 0 Å². The van der Waals surface area contributed by atoms with E-state index in [2.05, 4.69) is 12.2 Å². The van der Waals surface area contributed by atoms with Gasteiger partial charge in [-0.25, -0.2) is 4.98 Å². The molecule has 0 aliphatic heterocycles. The second-order valence-corrected chi connectivity index (χ2v) is 4.10. The summed E-state index contributed by atoms with van der Waals surface area (Å²) in [4.78, 5) is 9.44. The minimum atomic E-state index is 1.08. The molecule has 1 aromatic heterocycles. The van der Waals surface area contributed by atoms with Crippen LogP contribution in [0.15, 0.2) is 6.08 Å². The molecular weight excluding hydrogens is 172 g/mol. The maximum Gasteiger partial charge on any atom is 0.0845 e. The van der Waals surface area contributed by atoms with Crippen LogP contribution in [0.5, 0.6) is 0 Å². The van der Waals surface area contributed by atoms with Crippen LogP contribution in [-0.4, -0.2) is 9.97 Å². The Balaban J connectivity index is 2.12. The quantitative estimate of drug-likeness (QED) is 0.621. The number of aryl methyl sites for hydroxylation is 3. The molecule has 0 fully saturated rings. The van der Waals surface area contributed by atoms with Crippen LogP contribution in [0.25, 0.3) is 6.08 Å². The molecule has 0 N–H and O–H groups in total. The van der Waals surface area contributed by atoms with Crippen LogP contribution in [0.4, 0.5) is 0 Å². The van der Waals surface area contributed by atoms with E-state index in [4.69, 9.17) is 9.97 Å². The molecule has 0 aromatic carbocycles. The lowest BCUT2D eigenvalue weighted by atomic mass is 9.98. The fourth-order valence-corrected chi connectivity index (χ4v) is 2.28. The molecule has 2 nitrogen and oxygen atoms in total. The van der Waals surface area contributed by atoms with E-state index in [1.54, 1.807) is 0 Å². The van der Waals surface area contributed by atoms with E-state index in [-0.39, 0.29) is 0 Å². The fraction of sp³-hybridized carbons (Fsp3) is 0.500. The second-order valence-electron chi connectivity index (χ2n) is 4.10. The number of allylic oxidation sites excluding steroid dienone is 1. The van der Waals surface area contributed by atoms with Crippen LogP contribution in [-0.2, 0) is 19.3 Å². The Kier molecular flexibility index (Phi) is 1.86. The highest BCUT2D eigenvalue weighted by atomic mass is 14.9. The fourth-order valence-electron chi connectivity index (χ4n) is 2.28. The van der Waals surface area contributed by atoms with Gasteiger partial charge in [0.05, 0.1) is 22.8 Å². The molecule has 0 spiro atoms. The lowest BCUT2D eigenvalue weighted by Gasteiger charge is -2.17. The summed E-state index contributed by atoms with van der Waals surface area (Å²) in [5.41, 5.74) is 4.86. The van der Waals surface area contributed by atoms with Gasteiger partial charge < -0.3 is 0 Å². The molecule has 1 heterocycles. The lowest BCUT2D eigenvalue weighted by molar-refractivity contribution is 0.640. The lowest BCUT2D eigenvalue weighted by Crippen LogP contribution is -2.13. The number of fused-ring (bicyclic) bond motifs is 2. The van der Waals surface area contributed by atoms with Gasteiger partial charge in [-0.1, -0.05) is 6.08 Å². The average molecular weight is 186 g/mol. The number of aromatic nitrogens is 2. The SMILES string of the molecule is C1=Cc2nc3c(nc2CC1)CCCC3. The smallest absolute Gasteiger partial charge is 0.0845 e. The normalized spacial score (nSPS) is 18.9. The second kappa shape index (κ2) is 3.19. The molecule has 0 amide bonds. The number of nitrogens with zero attached hydrogens (tertiary/aromatic N) is 2. The van der Waals surface area contributed by atoms with Gasteiger partial charge in [0.1, 0.15) is 0 Å². The Bertz CT molecular complexity index is 394. The molecule has 0 saturated carbocycles.